The van der Waals surface area contributed by atoms with Crippen molar-refractivity contribution in [3.8, 4) is 0 Å². The van der Waals surface area contributed by atoms with Crippen LogP contribution in [0.4, 0.5) is 5.82 Å². The van der Waals surface area contributed by atoms with Gasteiger partial charge in [0.2, 0.25) is 0 Å². The zero-order chi connectivity index (χ0) is 13.5. The van der Waals surface area contributed by atoms with Gasteiger partial charge in [-0.1, -0.05) is 19.4 Å². The van der Waals surface area contributed by atoms with E-state index in [0.717, 1.165) is 24.8 Å². The van der Waals surface area contributed by atoms with E-state index in [-0.39, 0.29) is 0 Å². The van der Waals surface area contributed by atoms with Crippen molar-refractivity contribution in [3.63, 3.8) is 0 Å². The Morgan fingerprint density at radius 2 is 2.16 bits per heavy atom. The first-order valence-electron chi connectivity index (χ1n) is 7.74. The Morgan fingerprint density at radius 3 is 2.95 bits per heavy atom. The monoisotopic (exact) mass is 261 g/mol. The number of anilines is 1. The van der Waals surface area contributed by atoms with Crippen LogP contribution >= 0.6 is 0 Å². The molecular formula is C16H27N3. The smallest absolute Gasteiger partial charge is 0.126 e. The third-order valence-electron chi connectivity index (χ3n) is 4.07. The summed E-state index contributed by atoms with van der Waals surface area (Å²) in [6.07, 6.45) is 5.43. The molecule has 1 aliphatic heterocycles. The number of pyridine rings is 1. The molecule has 0 spiro atoms. The average molecular weight is 261 g/mol. The van der Waals surface area contributed by atoms with Crippen molar-refractivity contribution in [1.82, 2.24) is 9.88 Å². The summed E-state index contributed by atoms with van der Waals surface area (Å²) in [5, 5.41) is 3.28. The molecule has 0 aliphatic carbocycles. The van der Waals surface area contributed by atoms with Crippen LogP contribution in [0.2, 0.25) is 0 Å². The SMILES string of the molecule is CCNc1cccc(CN2CCCC(CC)CC2)n1. The first-order chi connectivity index (χ1) is 9.31. The number of nitrogens with one attached hydrogen (secondary N) is 1. The lowest BCUT2D eigenvalue weighted by molar-refractivity contribution is 0.269. The van der Waals surface area contributed by atoms with Crippen LogP contribution in [0.25, 0.3) is 0 Å². The number of nitrogens with zero attached hydrogens (tertiary/aromatic N) is 2. The largest absolute Gasteiger partial charge is 0.370 e. The Hall–Kier alpha value is -1.09. The predicted molar refractivity (Wildman–Crippen MR) is 81.3 cm³/mol. The summed E-state index contributed by atoms with van der Waals surface area (Å²) < 4.78 is 0. The van der Waals surface area contributed by atoms with Crippen LogP contribution in [0, 0.1) is 5.92 Å². The Labute approximate surface area is 117 Å². The minimum absolute atomic E-state index is 0.929. The first kappa shape index (κ1) is 14.3. The quantitative estimate of drug-likeness (QED) is 0.879. The molecule has 1 saturated heterocycles. The second-order valence-corrected chi connectivity index (χ2v) is 5.53. The number of hydrogen-bond acceptors (Lipinski definition) is 3. The normalized spacial score (nSPS) is 21.1. The van der Waals surface area contributed by atoms with Gasteiger partial charge in [0.05, 0.1) is 5.69 Å². The van der Waals surface area contributed by atoms with Crippen LogP contribution in [0.5, 0.6) is 0 Å². The third-order valence-corrected chi connectivity index (χ3v) is 4.07. The summed E-state index contributed by atoms with van der Waals surface area (Å²) in [5.41, 5.74) is 1.19. The van der Waals surface area contributed by atoms with E-state index in [1.54, 1.807) is 0 Å². The highest BCUT2D eigenvalue weighted by Crippen LogP contribution is 2.21. The highest BCUT2D eigenvalue weighted by Gasteiger charge is 2.16. The van der Waals surface area contributed by atoms with Gasteiger partial charge in [-0.05, 0) is 57.3 Å². The summed E-state index contributed by atoms with van der Waals surface area (Å²) in [4.78, 5) is 7.24. The number of hydrogen-bond donors (Lipinski definition) is 1. The zero-order valence-electron chi connectivity index (χ0n) is 12.4. The van der Waals surface area contributed by atoms with E-state index in [2.05, 4.69) is 41.2 Å². The average Bonchev–Trinajstić information content (AvgIpc) is 2.65. The van der Waals surface area contributed by atoms with Gasteiger partial charge in [0.25, 0.3) is 0 Å². The van der Waals surface area contributed by atoms with Gasteiger partial charge in [-0.2, -0.15) is 0 Å². The van der Waals surface area contributed by atoms with Gasteiger partial charge in [0, 0.05) is 13.1 Å². The van der Waals surface area contributed by atoms with Gasteiger partial charge in [-0.15, -0.1) is 0 Å². The van der Waals surface area contributed by atoms with Gasteiger partial charge >= 0.3 is 0 Å². The topological polar surface area (TPSA) is 28.2 Å². The van der Waals surface area contributed by atoms with Crippen LogP contribution in [-0.2, 0) is 6.54 Å². The molecule has 3 heteroatoms. The number of rotatable bonds is 5. The second kappa shape index (κ2) is 7.49. The van der Waals surface area contributed by atoms with Crippen molar-refractivity contribution in [2.45, 2.75) is 46.1 Å². The van der Waals surface area contributed by atoms with Crippen molar-refractivity contribution in [3.05, 3.63) is 23.9 Å². The van der Waals surface area contributed by atoms with Gasteiger partial charge in [-0.25, -0.2) is 4.98 Å². The molecule has 0 radical (unpaired) electrons. The predicted octanol–water partition coefficient (Wildman–Crippen LogP) is 3.53. The van der Waals surface area contributed by atoms with Crippen LogP contribution in [0.1, 0.15) is 45.2 Å². The highest BCUT2D eigenvalue weighted by atomic mass is 15.1. The van der Waals surface area contributed by atoms with E-state index < -0.39 is 0 Å². The van der Waals surface area contributed by atoms with E-state index in [0.29, 0.717) is 0 Å². The van der Waals surface area contributed by atoms with Crippen LogP contribution in [-0.4, -0.2) is 29.5 Å². The standard InChI is InChI=1S/C16H27N3/c1-3-14-7-6-11-19(12-10-14)13-15-8-5-9-16(18-15)17-4-2/h5,8-9,14H,3-4,6-7,10-13H2,1-2H3,(H,17,18). The van der Waals surface area contributed by atoms with E-state index in [1.165, 1.54) is 44.5 Å². The van der Waals surface area contributed by atoms with E-state index in [4.69, 9.17) is 0 Å². The maximum atomic E-state index is 4.67. The summed E-state index contributed by atoms with van der Waals surface area (Å²) in [6, 6.07) is 6.29. The third kappa shape index (κ3) is 4.50. The molecule has 1 aliphatic rings. The molecule has 1 aromatic rings. The minimum Gasteiger partial charge on any atom is -0.370 e. The number of aromatic nitrogens is 1. The van der Waals surface area contributed by atoms with Crippen molar-refractivity contribution in [1.29, 1.82) is 0 Å². The molecule has 1 unspecified atom stereocenters. The molecule has 1 fully saturated rings. The van der Waals surface area contributed by atoms with Gasteiger partial charge < -0.3 is 5.32 Å². The Morgan fingerprint density at radius 1 is 1.26 bits per heavy atom. The van der Waals surface area contributed by atoms with E-state index in [1.807, 2.05) is 6.07 Å². The fourth-order valence-corrected chi connectivity index (χ4v) is 2.87. The highest BCUT2D eigenvalue weighted by molar-refractivity contribution is 5.34. The summed E-state index contributed by atoms with van der Waals surface area (Å²) in [5.74, 6) is 1.94. The molecule has 1 N–H and O–H groups in total. The van der Waals surface area contributed by atoms with E-state index in [9.17, 15) is 0 Å². The Kier molecular flexibility index (Phi) is 5.64. The lowest BCUT2D eigenvalue weighted by Gasteiger charge is -2.20. The molecule has 0 amide bonds. The van der Waals surface area contributed by atoms with E-state index >= 15 is 0 Å². The Balaban J connectivity index is 1.91. The summed E-state index contributed by atoms with van der Waals surface area (Å²) >= 11 is 0. The number of likely N-dealkylation sites (tertiary alicyclic amines) is 1. The van der Waals surface area contributed by atoms with Crippen LogP contribution < -0.4 is 5.32 Å². The molecular weight excluding hydrogens is 234 g/mol. The van der Waals surface area contributed by atoms with Gasteiger partial charge in [0.1, 0.15) is 5.82 Å². The summed E-state index contributed by atoms with van der Waals surface area (Å²) in [7, 11) is 0. The van der Waals surface area contributed by atoms with Crippen molar-refractivity contribution < 1.29 is 0 Å². The molecule has 1 aromatic heterocycles. The maximum Gasteiger partial charge on any atom is 0.126 e. The van der Waals surface area contributed by atoms with Crippen molar-refractivity contribution in [2.75, 3.05) is 25.0 Å². The lowest BCUT2D eigenvalue weighted by atomic mass is 9.98. The Bertz CT molecular complexity index is 378. The van der Waals surface area contributed by atoms with Gasteiger partial charge in [-0.3, -0.25) is 4.90 Å². The fourth-order valence-electron chi connectivity index (χ4n) is 2.87. The van der Waals surface area contributed by atoms with Crippen LogP contribution in [0.3, 0.4) is 0 Å². The molecule has 3 nitrogen and oxygen atoms in total. The molecule has 0 aromatic carbocycles. The molecule has 2 heterocycles. The molecule has 0 bridgehead atoms. The lowest BCUT2D eigenvalue weighted by Crippen LogP contribution is -2.25. The molecule has 106 valence electrons. The van der Waals surface area contributed by atoms with Crippen molar-refractivity contribution in [2.24, 2.45) is 5.92 Å². The molecule has 0 saturated carbocycles. The van der Waals surface area contributed by atoms with Gasteiger partial charge in [0.15, 0.2) is 0 Å². The zero-order valence-corrected chi connectivity index (χ0v) is 12.4. The summed E-state index contributed by atoms with van der Waals surface area (Å²) in [6.45, 7) is 8.80. The maximum absolute atomic E-state index is 4.67. The fraction of sp³-hybridized carbons (Fsp3) is 0.688. The minimum atomic E-state index is 0.929. The van der Waals surface area contributed by atoms with Crippen LogP contribution in [0.15, 0.2) is 18.2 Å². The second-order valence-electron chi connectivity index (χ2n) is 5.53. The molecule has 19 heavy (non-hydrogen) atoms. The molecule has 2 rings (SSSR count). The first-order valence-corrected chi connectivity index (χ1v) is 7.74. The molecule has 1 atom stereocenters. The van der Waals surface area contributed by atoms with Crippen molar-refractivity contribution >= 4 is 5.82 Å².